The Balaban J connectivity index is 2.51. The molecular weight excluding hydrogens is 188 g/mol. The highest BCUT2D eigenvalue weighted by molar-refractivity contribution is 5.86. The van der Waals surface area contributed by atoms with Gasteiger partial charge in [-0.3, -0.25) is 0 Å². The highest BCUT2D eigenvalue weighted by atomic mass is 16.5. The second-order valence-electron chi connectivity index (χ2n) is 3.26. The summed E-state index contributed by atoms with van der Waals surface area (Å²) in [6.45, 7) is 3.13. The first-order chi connectivity index (χ1) is 7.36. The van der Waals surface area contributed by atoms with Gasteiger partial charge in [0.25, 0.3) is 0 Å². The van der Waals surface area contributed by atoms with Crippen LogP contribution in [0.2, 0.25) is 0 Å². The first-order valence-electron chi connectivity index (χ1n) is 4.92. The molecule has 2 rings (SSSR count). The fourth-order valence-corrected chi connectivity index (χ4v) is 1.63. The molecule has 0 aliphatic heterocycles. The number of nitrogens with zero attached hydrogens (tertiary/aromatic N) is 2. The van der Waals surface area contributed by atoms with Crippen molar-refractivity contribution in [2.75, 3.05) is 6.61 Å². The molecule has 1 aromatic heterocycles. The maximum Gasteiger partial charge on any atom is 0.122 e. The van der Waals surface area contributed by atoms with E-state index >= 15 is 0 Å². The molecule has 0 bridgehead atoms. The minimum absolute atomic E-state index is 0.499. The summed E-state index contributed by atoms with van der Waals surface area (Å²) < 4.78 is 7.29. The number of hydrogen-bond donors (Lipinski definition) is 0. The maximum absolute atomic E-state index is 8.97. The molecule has 15 heavy (non-hydrogen) atoms. The van der Waals surface area contributed by atoms with Crippen LogP contribution < -0.4 is 0 Å². The SMILES string of the molecule is CCOCn1cc(C#N)c2ccccc21. The Bertz CT molecular complexity index is 508. The van der Waals surface area contributed by atoms with Crippen LogP contribution in [-0.2, 0) is 11.5 Å². The van der Waals surface area contributed by atoms with Gasteiger partial charge >= 0.3 is 0 Å². The molecule has 0 radical (unpaired) electrons. The van der Waals surface area contributed by atoms with E-state index in [4.69, 9.17) is 10.00 Å². The van der Waals surface area contributed by atoms with Gasteiger partial charge in [0, 0.05) is 18.2 Å². The van der Waals surface area contributed by atoms with E-state index in [9.17, 15) is 0 Å². The van der Waals surface area contributed by atoms with E-state index in [0.29, 0.717) is 18.9 Å². The van der Waals surface area contributed by atoms with Crippen molar-refractivity contribution in [3.8, 4) is 6.07 Å². The van der Waals surface area contributed by atoms with Gasteiger partial charge in [0.1, 0.15) is 12.8 Å². The van der Waals surface area contributed by atoms with Gasteiger partial charge in [-0.1, -0.05) is 18.2 Å². The molecule has 3 heteroatoms. The summed E-state index contributed by atoms with van der Waals surface area (Å²) in [5.74, 6) is 0. The van der Waals surface area contributed by atoms with Gasteiger partial charge in [-0.2, -0.15) is 5.26 Å². The molecule has 3 nitrogen and oxygen atoms in total. The Morgan fingerprint density at radius 1 is 1.40 bits per heavy atom. The topological polar surface area (TPSA) is 38.0 Å². The number of benzene rings is 1. The molecule has 0 aliphatic rings. The predicted molar refractivity (Wildman–Crippen MR) is 58.3 cm³/mol. The molecule has 0 saturated carbocycles. The first-order valence-corrected chi connectivity index (χ1v) is 4.92. The lowest BCUT2D eigenvalue weighted by molar-refractivity contribution is 0.0909. The summed E-state index contributed by atoms with van der Waals surface area (Å²) in [5.41, 5.74) is 1.74. The number of para-hydroxylation sites is 1. The van der Waals surface area contributed by atoms with Gasteiger partial charge in [-0.05, 0) is 13.0 Å². The summed E-state index contributed by atoms with van der Waals surface area (Å²) in [6.07, 6.45) is 1.83. The summed E-state index contributed by atoms with van der Waals surface area (Å²) >= 11 is 0. The van der Waals surface area contributed by atoms with Crippen LogP contribution in [0.5, 0.6) is 0 Å². The fraction of sp³-hybridized carbons (Fsp3) is 0.250. The first kappa shape index (κ1) is 9.75. The van der Waals surface area contributed by atoms with Crippen molar-refractivity contribution in [2.24, 2.45) is 0 Å². The third-order valence-electron chi connectivity index (χ3n) is 2.34. The van der Waals surface area contributed by atoms with Crippen LogP contribution in [0.4, 0.5) is 0 Å². The van der Waals surface area contributed by atoms with Crippen molar-refractivity contribution < 1.29 is 4.74 Å². The van der Waals surface area contributed by atoms with Gasteiger partial charge in [0.2, 0.25) is 0 Å². The van der Waals surface area contributed by atoms with Gasteiger partial charge < -0.3 is 9.30 Å². The highest BCUT2D eigenvalue weighted by Gasteiger charge is 2.06. The molecule has 2 aromatic rings. The lowest BCUT2D eigenvalue weighted by atomic mass is 10.2. The van der Waals surface area contributed by atoms with Crippen LogP contribution in [0.3, 0.4) is 0 Å². The highest BCUT2D eigenvalue weighted by Crippen LogP contribution is 2.20. The molecule has 0 saturated heterocycles. The minimum Gasteiger partial charge on any atom is -0.361 e. The third kappa shape index (κ3) is 1.72. The van der Waals surface area contributed by atoms with Crippen LogP contribution >= 0.6 is 0 Å². The van der Waals surface area contributed by atoms with E-state index in [2.05, 4.69) is 6.07 Å². The average Bonchev–Trinajstić information content (AvgIpc) is 2.65. The smallest absolute Gasteiger partial charge is 0.122 e. The minimum atomic E-state index is 0.499. The summed E-state index contributed by atoms with van der Waals surface area (Å²) in [7, 11) is 0. The Kier molecular flexibility index (Phi) is 2.70. The van der Waals surface area contributed by atoms with Gasteiger partial charge in [-0.25, -0.2) is 0 Å². The normalized spacial score (nSPS) is 10.4. The Morgan fingerprint density at radius 3 is 2.93 bits per heavy atom. The zero-order chi connectivity index (χ0) is 10.7. The van der Waals surface area contributed by atoms with Crippen molar-refractivity contribution in [1.29, 1.82) is 5.26 Å². The molecule has 0 atom stereocenters. The molecule has 0 N–H and O–H groups in total. The number of rotatable bonds is 3. The van der Waals surface area contributed by atoms with Crippen LogP contribution in [-0.4, -0.2) is 11.2 Å². The third-order valence-corrected chi connectivity index (χ3v) is 2.34. The largest absolute Gasteiger partial charge is 0.361 e. The molecule has 1 heterocycles. The monoisotopic (exact) mass is 200 g/mol. The number of ether oxygens (including phenoxy) is 1. The predicted octanol–water partition coefficient (Wildman–Crippen LogP) is 2.51. The molecular formula is C12H12N2O. The van der Waals surface area contributed by atoms with Gasteiger partial charge in [0.05, 0.1) is 11.1 Å². The summed E-state index contributed by atoms with van der Waals surface area (Å²) in [5, 5.41) is 9.96. The number of hydrogen-bond acceptors (Lipinski definition) is 2. The second-order valence-corrected chi connectivity index (χ2v) is 3.26. The van der Waals surface area contributed by atoms with Crippen molar-refractivity contribution in [2.45, 2.75) is 13.7 Å². The molecule has 0 aliphatic carbocycles. The molecule has 1 aromatic carbocycles. The van der Waals surface area contributed by atoms with E-state index in [1.54, 1.807) is 0 Å². The average molecular weight is 200 g/mol. The zero-order valence-corrected chi connectivity index (χ0v) is 8.60. The lowest BCUT2D eigenvalue weighted by Crippen LogP contribution is -2.00. The van der Waals surface area contributed by atoms with E-state index in [0.717, 1.165) is 10.9 Å². The standard InChI is InChI=1S/C12H12N2O/c1-2-15-9-14-8-10(7-13)11-5-3-4-6-12(11)14/h3-6,8H,2,9H2,1H3. The summed E-state index contributed by atoms with van der Waals surface area (Å²) in [4.78, 5) is 0. The van der Waals surface area contributed by atoms with E-state index in [1.165, 1.54) is 0 Å². The van der Waals surface area contributed by atoms with Crippen molar-refractivity contribution in [1.82, 2.24) is 4.57 Å². The zero-order valence-electron chi connectivity index (χ0n) is 8.60. The van der Waals surface area contributed by atoms with Gasteiger partial charge in [0.15, 0.2) is 0 Å². The fourth-order valence-electron chi connectivity index (χ4n) is 1.63. The van der Waals surface area contributed by atoms with Crippen molar-refractivity contribution >= 4 is 10.9 Å². The van der Waals surface area contributed by atoms with Crippen LogP contribution in [0.15, 0.2) is 30.5 Å². The maximum atomic E-state index is 8.97. The molecule has 0 amide bonds. The number of aromatic nitrogens is 1. The Labute approximate surface area is 88.5 Å². The molecule has 76 valence electrons. The van der Waals surface area contributed by atoms with Crippen molar-refractivity contribution in [3.63, 3.8) is 0 Å². The van der Waals surface area contributed by atoms with Crippen LogP contribution in [0, 0.1) is 11.3 Å². The van der Waals surface area contributed by atoms with E-state index < -0.39 is 0 Å². The van der Waals surface area contributed by atoms with E-state index in [1.807, 2.05) is 42.0 Å². The quantitative estimate of drug-likeness (QED) is 0.763. The molecule has 0 unspecified atom stereocenters. The van der Waals surface area contributed by atoms with Gasteiger partial charge in [-0.15, -0.1) is 0 Å². The van der Waals surface area contributed by atoms with E-state index in [-0.39, 0.29) is 0 Å². The van der Waals surface area contributed by atoms with Crippen LogP contribution in [0.1, 0.15) is 12.5 Å². The summed E-state index contributed by atoms with van der Waals surface area (Å²) in [6, 6.07) is 10.0. The second kappa shape index (κ2) is 4.16. The van der Waals surface area contributed by atoms with Crippen molar-refractivity contribution in [3.05, 3.63) is 36.0 Å². The number of nitriles is 1. The number of fused-ring (bicyclic) bond motifs is 1. The molecule has 0 fully saturated rings. The molecule has 0 spiro atoms. The Hall–Kier alpha value is -1.79. The lowest BCUT2D eigenvalue weighted by Gasteiger charge is -2.03. The Morgan fingerprint density at radius 2 is 2.20 bits per heavy atom. The van der Waals surface area contributed by atoms with Crippen LogP contribution in [0.25, 0.3) is 10.9 Å².